The Morgan fingerprint density at radius 1 is 1.00 bits per heavy atom. The van der Waals surface area contributed by atoms with Gasteiger partial charge in [0, 0.05) is 21.7 Å². The van der Waals surface area contributed by atoms with E-state index < -0.39 is 17.7 Å². The summed E-state index contributed by atoms with van der Waals surface area (Å²) in [5, 5.41) is 3.69. The van der Waals surface area contributed by atoms with E-state index >= 15 is 0 Å². The summed E-state index contributed by atoms with van der Waals surface area (Å²) in [6.07, 6.45) is 0.780. The molecule has 0 spiro atoms. The van der Waals surface area contributed by atoms with Gasteiger partial charge in [0.2, 0.25) is 17.7 Å². The number of benzene rings is 2. The summed E-state index contributed by atoms with van der Waals surface area (Å²) in [6.45, 7) is -0.290. The van der Waals surface area contributed by atoms with Crippen molar-refractivity contribution in [2.75, 3.05) is 26.1 Å². The van der Waals surface area contributed by atoms with E-state index in [0.29, 0.717) is 17.2 Å². The summed E-state index contributed by atoms with van der Waals surface area (Å²) in [6, 6.07) is 14.8. The van der Waals surface area contributed by atoms with Gasteiger partial charge in [0.1, 0.15) is 6.54 Å². The average Bonchev–Trinajstić information content (AvgIpc) is 3.69. The Hall–Kier alpha value is -3.57. The molecular weight excluding hydrogens is 550 g/mol. The smallest absolute Gasteiger partial charge is 0.305 e. The van der Waals surface area contributed by atoms with E-state index in [0.717, 1.165) is 26.8 Å². The molecule has 4 aliphatic rings. The van der Waals surface area contributed by atoms with Gasteiger partial charge in [-0.15, -0.1) is 11.8 Å². The number of hydrogen-bond donors (Lipinski definition) is 2. The van der Waals surface area contributed by atoms with E-state index in [-0.39, 0.29) is 52.2 Å². The number of para-hydroxylation sites is 1. The van der Waals surface area contributed by atoms with Gasteiger partial charge in [-0.25, -0.2) is 0 Å². The van der Waals surface area contributed by atoms with Crippen molar-refractivity contribution in [2.45, 2.75) is 22.6 Å². The summed E-state index contributed by atoms with van der Waals surface area (Å²) in [4.78, 5) is 57.7. The monoisotopic (exact) mass is 577 g/mol. The number of thiazole rings is 1. The SMILES string of the molecule is COc1ccc([C@H]2c3sc(=O)[nH]c3S[C@@H]3[C@@H]4C[C@H]([C@H]5C(=O)N(CC(=O)Nc6ccccc6)C(=O)[C@H]45)[C@H]23)cc1OC. The van der Waals surface area contributed by atoms with Crippen molar-refractivity contribution in [3.8, 4) is 11.5 Å². The quantitative estimate of drug-likeness (QED) is 0.430. The molecule has 1 aromatic heterocycles. The molecule has 0 radical (unpaired) electrons. The summed E-state index contributed by atoms with van der Waals surface area (Å²) in [5.74, 6) is -0.690. The minimum atomic E-state index is -0.455. The molecule has 3 fully saturated rings. The standard InChI is InChI=1S/C29H27N3O6S2/c1-37-17-9-8-13(10-18(17)38-2)20-21-15-11-16(24(21)39-26-25(20)40-29(36)31-26)23-22(15)27(34)32(28(23)35)12-19(33)30-14-6-4-3-5-7-14/h3-10,15-16,20-24H,11-12H2,1-2H3,(H,30,33)(H,31,36)/t15-,16+,20+,21+,22+,23+,24+/m0/s1. The molecule has 40 heavy (non-hydrogen) atoms. The van der Waals surface area contributed by atoms with E-state index in [1.54, 1.807) is 38.1 Å². The van der Waals surface area contributed by atoms with Crippen molar-refractivity contribution in [3.05, 3.63) is 68.6 Å². The predicted octanol–water partition coefficient (Wildman–Crippen LogP) is 3.57. The normalized spacial score (nSPS) is 29.6. The second kappa shape index (κ2) is 9.52. The number of nitrogens with zero attached hydrogens (tertiary/aromatic N) is 1. The molecule has 2 saturated carbocycles. The van der Waals surface area contributed by atoms with E-state index in [1.165, 1.54) is 11.3 Å². The van der Waals surface area contributed by atoms with Crippen LogP contribution in [0.2, 0.25) is 0 Å². The Labute approximate surface area is 238 Å². The number of amides is 3. The molecule has 7 rings (SSSR count). The summed E-state index contributed by atoms with van der Waals surface area (Å²) in [7, 11) is 3.18. The van der Waals surface area contributed by atoms with Crippen molar-refractivity contribution in [1.82, 2.24) is 9.88 Å². The first-order chi connectivity index (χ1) is 19.4. The van der Waals surface area contributed by atoms with Crippen LogP contribution in [0.4, 0.5) is 5.69 Å². The maximum absolute atomic E-state index is 13.8. The molecular formula is C29H27N3O6S2. The molecule has 2 N–H and O–H groups in total. The molecule has 0 unspecified atom stereocenters. The number of thioether (sulfide) groups is 1. The maximum Gasteiger partial charge on any atom is 0.305 e. The Morgan fingerprint density at radius 2 is 1.73 bits per heavy atom. The number of carbonyl (C=O) groups is 3. The third-order valence-corrected chi connectivity index (χ3v) is 11.5. The molecule has 2 aliphatic heterocycles. The van der Waals surface area contributed by atoms with Crippen LogP contribution >= 0.6 is 23.1 Å². The van der Waals surface area contributed by atoms with Gasteiger partial charge in [0.05, 0.1) is 31.1 Å². The average molecular weight is 578 g/mol. The zero-order chi connectivity index (χ0) is 27.7. The number of ether oxygens (including phenoxy) is 2. The fraction of sp³-hybridized carbons (Fsp3) is 0.379. The molecule has 9 nitrogen and oxygen atoms in total. The van der Waals surface area contributed by atoms with Crippen LogP contribution in [0.1, 0.15) is 22.8 Å². The second-order valence-electron chi connectivity index (χ2n) is 10.8. The van der Waals surface area contributed by atoms with Crippen LogP contribution in [-0.2, 0) is 14.4 Å². The van der Waals surface area contributed by atoms with Crippen LogP contribution in [0, 0.1) is 29.6 Å². The number of rotatable bonds is 6. The van der Waals surface area contributed by atoms with Gasteiger partial charge in [-0.1, -0.05) is 35.6 Å². The number of hydrogen-bond acceptors (Lipinski definition) is 8. The molecule has 3 heterocycles. The summed E-state index contributed by atoms with van der Waals surface area (Å²) < 4.78 is 11.0. The highest BCUT2D eigenvalue weighted by molar-refractivity contribution is 8.00. The molecule has 7 atom stereocenters. The molecule has 3 amide bonds. The number of nitrogens with one attached hydrogen (secondary N) is 2. The van der Waals surface area contributed by atoms with Gasteiger partial charge < -0.3 is 19.8 Å². The van der Waals surface area contributed by atoms with Gasteiger partial charge in [-0.2, -0.15) is 0 Å². The van der Waals surface area contributed by atoms with Crippen LogP contribution in [0.25, 0.3) is 0 Å². The molecule has 206 valence electrons. The Morgan fingerprint density at radius 3 is 2.45 bits per heavy atom. The maximum atomic E-state index is 13.8. The Balaban J connectivity index is 1.22. The fourth-order valence-corrected chi connectivity index (χ4v) is 10.4. The first-order valence-electron chi connectivity index (χ1n) is 13.2. The van der Waals surface area contributed by atoms with Gasteiger partial charge in [-0.3, -0.25) is 24.1 Å². The van der Waals surface area contributed by atoms with Crippen molar-refractivity contribution < 1.29 is 23.9 Å². The lowest BCUT2D eigenvalue weighted by Crippen LogP contribution is -2.42. The van der Waals surface area contributed by atoms with E-state index in [2.05, 4.69) is 10.3 Å². The molecule has 2 aliphatic carbocycles. The Bertz CT molecular complexity index is 1590. The number of fused-ring (bicyclic) bond motifs is 9. The zero-order valence-corrected chi connectivity index (χ0v) is 23.4. The van der Waals surface area contributed by atoms with Crippen LogP contribution in [0.15, 0.2) is 58.4 Å². The lowest BCUT2D eigenvalue weighted by molar-refractivity contribution is -0.143. The van der Waals surface area contributed by atoms with Crippen molar-refractivity contribution in [1.29, 1.82) is 0 Å². The van der Waals surface area contributed by atoms with Gasteiger partial charge >= 0.3 is 4.87 Å². The van der Waals surface area contributed by atoms with Gasteiger partial charge in [0.15, 0.2) is 11.5 Å². The zero-order valence-electron chi connectivity index (χ0n) is 21.8. The van der Waals surface area contributed by atoms with Crippen molar-refractivity contribution >= 4 is 46.5 Å². The van der Waals surface area contributed by atoms with Gasteiger partial charge in [0.25, 0.3) is 0 Å². The summed E-state index contributed by atoms with van der Waals surface area (Å²) in [5.41, 5.74) is 1.61. The second-order valence-corrected chi connectivity index (χ2v) is 13.0. The minimum Gasteiger partial charge on any atom is -0.493 e. The highest BCUT2D eigenvalue weighted by atomic mass is 32.2. The molecule has 2 aromatic carbocycles. The molecule has 2 bridgehead atoms. The fourth-order valence-electron chi connectivity index (χ4n) is 7.52. The summed E-state index contributed by atoms with van der Waals surface area (Å²) >= 11 is 2.84. The van der Waals surface area contributed by atoms with E-state index in [9.17, 15) is 19.2 Å². The van der Waals surface area contributed by atoms with Crippen molar-refractivity contribution in [3.63, 3.8) is 0 Å². The number of imide groups is 1. The Kier molecular flexibility index (Phi) is 6.04. The highest BCUT2D eigenvalue weighted by Gasteiger charge is 2.69. The lowest BCUT2D eigenvalue weighted by atomic mass is 9.68. The van der Waals surface area contributed by atoms with Gasteiger partial charge in [-0.05, 0) is 54.0 Å². The topological polar surface area (TPSA) is 118 Å². The third-order valence-electron chi connectivity index (χ3n) is 8.94. The number of carbonyl (C=O) groups excluding carboxylic acids is 3. The number of anilines is 1. The van der Waals surface area contributed by atoms with Crippen LogP contribution in [0.5, 0.6) is 11.5 Å². The first kappa shape index (κ1) is 25.4. The van der Waals surface area contributed by atoms with Crippen LogP contribution in [0.3, 0.4) is 0 Å². The molecule has 3 aromatic rings. The van der Waals surface area contributed by atoms with E-state index in [1.807, 2.05) is 36.4 Å². The van der Waals surface area contributed by atoms with E-state index in [4.69, 9.17) is 9.47 Å². The third kappa shape index (κ3) is 3.74. The first-order valence-corrected chi connectivity index (χ1v) is 14.9. The van der Waals surface area contributed by atoms with Crippen molar-refractivity contribution in [2.24, 2.45) is 29.6 Å². The molecule has 1 saturated heterocycles. The lowest BCUT2D eigenvalue weighted by Gasteiger charge is -2.43. The largest absolute Gasteiger partial charge is 0.493 e. The minimum absolute atomic E-state index is 0.0113. The highest BCUT2D eigenvalue weighted by Crippen LogP contribution is 2.68. The predicted molar refractivity (Wildman–Crippen MR) is 150 cm³/mol. The number of likely N-dealkylation sites (tertiary alicyclic amines) is 1. The van der Waals surface area contributed by atoms with Crippen LogP contribution < -0.4 is 19.7 Å². The number of methoxy groups -OCH3 is 2. The number of aromatic amines is 1. The molecule has 11 heteroatoms. The van der Waals surface area contributed by atoms with Crippen LogP contribution in [-0.4, -0.2) is 53.6 Å². The number of H-pyrrole nitrogens is 1. The number of aromatic nitrogens is 1.